The SMILES string of the molecule is CC(=O)Cn1c(N(C)C)nc2ccccc21. The van der Waals surface area contributed by atoms with Gasteiger partial charge in [0.15, 0.2) is 0 Å². The van der Waals surface area contributed by atoms with Crippen LogP contribution in [0.3, 0.4) is 0 Å². The molecular weight excluding hydrogens is 202 g/mol. The number of aromatic nitrogens is 2. The molecule has 0 saturated carbocycles. The van der Waals surface area contributed by atoms with Crippen LogP contribution in [0.5, 0.6) is 0 Å². The molecule has 0 aliphatic rings. The lowest BCUT2D eigenvalue weighted by atomic mass is 10.3. The molecule has 2 rings (SSSR count). The number of para-hydroxylation sites is 2. The molecule has 0 spiro atoms. The molecule has 0 aliphatic heterocycles. The quantitative estimate of drug-likeness (QED) is 0.785. The van der Waals surface area contributed by atoms with Crippen LogP contribution in [-0.2, 0) is 11.3 Å². The molecule has 0 bridgehead atoms. The number of hydrogen-bond acceptors (Lipinski definition) is 3. The summed E-state index contributed by atoms with van der Waals surface area (Å²) >= 11 is 0. The zero-order chi connectivity index (χ0) is 11.7. The number of anilines is 1. The van der Waals surface area contributed by atoms with E-state index in [0.717, 1.165) is 17.0 Å². The number of carbonyl (C=O) groups excluding carboxylic acids is 1. The van der Waals surface area contributed by atoms with Gasteiger partial charge in [0, 0.05) is 14.1 Å². The van der Waals surface area contributed by atoms with Crippen molar-refractivity contribution in [1.82, 2.24) is 9.55 Å². The number of fused-ring (bicyclic) bond motifs is 1. The number of hydrogen-bond donors (Lipinski definition) is 0. The van der Waals surface area contributed by atoms with Gasteiger partial charge in [0.2, 0.25) is 5.95 Å². The molecule has 2 aromatic rings. The number of Topliss-reactive ketones (excluding diaryl/α,β-unsaturated/α-hetero) is 1. The molecule has 0 unspecified atom stereocenters. The van der Waals surface area contributed by atoms with E-state index in [0.29, 0.717) is 6.54 Å². The van der Waals surface area contributed by atoms with E-state index in [1.165, 1.54) is 0 Å². The zero-order valence-electron chi connectivity index (χ0n) is 9.77. The standard InChI is InChI=1S/C12H15N3O/c1-9(16)8-15-11-7-5-4-6-10(11)13-12(15)14(2)3/h4-7H,8H2,1-3H3. The molecule has 16 heavy (non-hydrogen) atoms. The minimum Gasteiger partial charge on any atom is -0.348 e. The van der Waals surface area contributed by atoms with Crippen LogP contribution in [0.4, 0.5) is 5.95 Å². The molecule has 0 saturated heterocycles. The molecule has 0 fully saturated rings. The van der Waals surface area contributed by atoms with E-state index in [1.54, 1.807) is 6.92 Å². The maximum Gasteiger partial charge on any atom is 0.206 e. The Bertz CT molecular complexity index is 528. The molecule has 0 N–H and O–H groups in total. The number of rotatable bonds is 3. The highest BCUT2D eigenvalue weighted by Gasteiger charge is 2.12. The van der Waals surface area contributed by atoms with Gasteiger partial charge in [-0.25, -0.2) is 4.98 Å². The van der Waals surface area contributed by atoms with E-state index in [2.05, 4.69) is 4.98 Å². The van der Waals surface area contributed by atoms with E-state index < -0.39 is 0 Å². The molecule has 0 radical (unpaired) electrons. The number of ketones is 1. The second-order valence-electron chi connectivity index (χ2n) is 4.08. The molecule has 4 nitrogen and oxygen atoms in total. The predicted molar refractivity (Wildman–Crippen MR) is 64.7 cm³/mol. The Morgan fingerprint density at radius 1 is 1.38 bits per heavy atom. The normalized spacial score (nSPS) is 10.7. The maximum absolute atomic E-state index is 11.3. The first-order chi connectivity index (χ1) is 7.59. The van der Waals surface area contributed by atoms with Crippen LogP contribution in [0.2, 0.25) is 0 Å². The van der Waals surface area contributed by atoms with Crippen LogP contribution in [0.1, 0.15) is 6.92 Å². The summed E-state index contributed by atoms with van der Waals surface area (Å²) in [5.41, 5.74) is 1.92. The highest BCUT2D eigenvalue weighted by molar-refractivity contribution is 5.83. The summed E-state index contributed by atoms with van der Waals surface area (Å²) < 4.78 is 1.94. The summed E-state index contributed by atoms with van der Waals surface area (Å²) in [5.74, 6) is 0.947. The lowest BCUT2D eigenvalue weighted by Gasteiger charge is -2.13. The van der Waals surface area contributed by atoms with E-state index in [9.17, 15) is 4.79 Å². The van der Waals surface area contributed by atoms with Crippen molar-refractivity contribution < 1.29 is 4.79 Å². The predicted octanol–water partition coefficient (Wildman–Crippen LogP) is 1.69. The van der Waals surface area contributed by atoms with Crippen molar-refractivity contribution in [2.75, 3.05) is 19.0 Å². The lowest BCUT2D eigenvalue weighted by Crippen LogP contribution is -2.17. The van der Waals surface area contributed by atoms with Crippen molar-refractivity contribution >= 4 is 22.8 Å². The van der Waals surface area contributed by atoms with Crippen molar-refractivity contribution in [2.24, 2.45) is 0 Å². The molecule has 84 valence electrons. The summed E-state index contributed by atoms with van der Waals surface area (Å²) in [7, 11) is 3.86. The Morgan fingerprint density at radius 2 is 2.06 bits per heavy atom. The number of nitrogens with zero attached hydrogens (tertiary/aromatic N) is 3. The van der Waals surface area contributed by atoms with Gasteiger partial charge in [-0.05, 0) is 19.1 Å². The Morgan fingerprint density at radius 3 is 2.69 bits per heavy atom. The van der Waals surface area contributed by atoms with Gasteiger partial charge in [0.1, 0.15) is 5.78 Å². The summed E-state index contributed by atoms with van der Waals surface area (Å²) in [6.07, 6.45) is 0. The highest BCUT2D eigenvalue weighted by Crippen LogP contribution is 2.20. The Kier molecular flexibility index (Phi) is 2.64. The minimum absolute atomic E-state index is 0.131. The van der Waals surface area contributed by atoms with Gasteiger partial charge in [-0.2, -0.15) is 0 Å². The first-order valence-corrected chi connectivity index (χ1v) is 5.21. The molecule has 1 aromatic carbocycles. The zero-order valence-corrected chi connectivity index (χ0v) is 9.77. The third kappa shape index (κ3) is 1.78. The molecule has 0 amide bonds. The topological polar surface area (TPSA) is 38.1 Å². The molecule has 0 atom stereocenters. The van der Waals surface area contributed by atoms with Gasteiger partial charge >= 0.3 is 0 Å². The first-order valence-electron chi connectivity index (χ1n) is 5.21. The van der Waals surface area contributed by atoms with Crippen LogP contribution in [0.15, 0.2) is 24.3 Å². The van der Waals surface area contributed by atoms with E-state index in [4.69, 9.17) is 0 Å². The second kappa shape index (κ2) is 3.96. The minimum atomic E-state index is 0.131. The summed E-state index contributed by atoms with van der Waals surface area (Å²) in [6, 6.07) is 7.85. The van der Waals surface area contributed by atoms with Gasteiger partial charge in [0.05, 0.1) is 17.6 Å². The van der Waals surface area contributed by atoms with Gasteiger partial charge in [-0.15, -0.1) is 0 Å². The number of imidazole rings is 1. The molecule has 4 heteroatoms. The Labute approximate surface area is 94.5 Å². The number of carbonyl (C=O) groups is 1. The molecular formula is C12H15N3O. The van der Waals surface area contributed by atoms with E-state index in [1.807, 2.05) is 47.8 Å². The largest absolute Gasteiger partial charge is 0.348 e. The van der Waals surface area contributed by atoms with Crippen LogP contribution in [0.25, 0.3) is 11.0 Å². The summed E-state index contributed by atoms with van der Waals surface area (Å²) in [4.78, 5) is 17.7. The van der Waals surface area contributed by atoms with Crippen LogP contribution < -0.4 is 4.90 Å². The average molecular weight is 217 g/mol. The van der Waals surface area contributed by atoms with Crippen LogP contribution in [-0.4, -0.2) is 29.4 Å². The van der Waals surface area contributed by atoms with Crippen molar-refractivity contribution in [3.05, 3.63) is 24.3 Å². The van der Waals surface area contributed by atoms with Crippen LogP contribution >= 0.6 is 0 Å². The van der Waals surface area contributed by atoms with E-state index in [-0.39, 0.29) is 5.78 Å². The lowest BCUT2D eigenvalue weighted by molar-refractivity contribution is -0.117. The van der Waals surface area contributed by atoms with Crippen molar-refractivity contribution in [2.45, 2.75) is 13.5 Å². The van der Waals surface area contributed by atoms with Gasteiger partial charge in [-0.1, -0.05) is 12.1 Å². The monoisotopic (exact) mass is 217 g/mol. The van der Waals surface area contributed by atoms with Crippen LogP contribution in [0, 0.1) is 0 Å². The average Bonchev–Trinajstić information content (AvgIpc) is 2.57. The maximum atomic E-state index is 11.3. The third-order valence-electron chi connectivity index (χ3n) is 2.42. The van der Waals surface area contributed by atoms with Gasteiger partial charge in [0.25, 0.3) is 0 Å². The van der Waals surface area contributed by atoms with Crippen molar-refractivity contribution in [3.8, 4) is 0 Å². The Balaban J connectivity index is 2.64. The third-order valence-corrected chi connectivity index (χ3v) is 2.42. The first kappa shape index (κ1) is 10.7. The summed E-state index contributed by atoms with van der Waals surface area (Å²) in [6.45, 7) is 1.96. The van der Waals surface area contributed by atoms with Crippen molar-refractivity contribution in [1.29, 1.82) is 0 Å². The second-order valence-corrected chi connectivity index (χ2v) is 4.08. The molecule has 1 aromatic heterocycles. The fourth-order valence-electron chi connectivity index (χ4n) is 1.78. The smallest absolute Gasteiger partial charge is 0.206 e. The molecule has 0 aliphatic carbocycles. The van der Waals surface area contributed by atoms with Gasteiger partial charge < -0.3 is 9.47 Å². The number of benzene rings is 1. The fraction of sp³-hybridized carbons (Fsp3) is 0.333. The fourth-order valence-corrected chi connectivity index (χ4v) is 1.78. The van der Waals surface area contributed by atoms with E-state index >= 15 is 0 Å². The Hall–Kier alpha value is -1.84. The highest BCUT2D eigenvalue weighted by atomic mass is 16.1. The van der Waals surface area contributed by atoms with Gasteiger partial charge in [-0.3, -0.25) is 4.79 Å². The van der Waals surface area contributed by atoms with Crippen molar-refractivity contribution in [3.63, 3.8) is 0 Å². The summed E-state index contributed by atoms with van der Waals surface area (Å²) in [5, 5.41) is 0. The molecule has 1 heterocycles.